The van der Waals surface area contributed by atoms with E-state index in [0.717, 1.165) is 57.8 Å². The lowest BCUT2D eigenvalue weighted by Gasteiger charge is -2.50. The maximum absolute atomic E-state index is 6.06. The second-order valence-corrected chi connectivity index (χ2v) is 17.7. The molecule has 2 aliphatic heterocycles. The molecular weight excluding hydrogens is 697 g/mol. The number of aromatic nitrogens is 6. The second kappa shape index (κ2) is 19.4. The van der Waals surface area contributed by atoms with E-state index in [-0.39, 0.29) is 71.5 Å². The highest BCUT2D eigenvalue weighted by Crippen LogP contribution is 2.36. The maximum Gasteiger partial charge on any atom is 0.324 e. The topological polar surface area (TPSA) is 145 Å². The molecule has 2 saturated heterocycles. The van der Waals surface area contributed by atoms with Crippen LogP contribution in [-0.4, -0.2) is 104 Å². The van der Waals surface area contributed by atoms with E-state index in [1.807, 2.05) is 0 Å². The van der Waals surface area contributed by atoms with Crippen LogP contribution in [0.1, 0.15) is 127 Å². The monoisotopic (exact) mass is 767 g/mol. The molecule has 0 aliphatic carbocycles. The van der Waals surface area contributed by atoms with Gasteiger partial charge in [0.15, 0.2) is 0 Å². The van der Waals surface area contributed by atoms with E-state index in [1.54, 1.807) is 12.2 Å². The van der Waals surface area contributed by atoms with Crippen LogP contribution in [0, 0.1) is 0 Å². The largest absolute Gasteiger partial charge is 0.463 e. The van der Waals surface area contributed by atoms with Crippen LogP contribution in [0.3, 0.4) is 0 Å². The molecule has 0 spiro atoms. The number of ether oxygens (including phenoxy) is 4. The van der Waals surface area contributed by atoms with E-state index in [9.17, 15) is 0 Å². The van der Waals surface area contributed by atoms with Crippen LogP contribution in [0.2, 0.25) is 0 Å². The van der Waals surface area contributed by atoms with Crippen molar-refractivity contribution in [2.75, 3.05) is 49.3 Å². The van der Waals surface area contributed by atoms with Crippen LogP contribution in [0.15, 0.2) is 25.3 Å². The van der Waals surface area contributed by atoms with Crippen LogP contribution < -0.4 is 39.4 Å². The van der Waals surface area contributed by atoms with Crippen LogP contribution in [0.25, 0.3) is 0 Å². The fraction of sp³-hybridized carbons (Fsp3) is 0.756. The van der Waals surface area contributed by atoms with Gasteiger partial charge in [0.2, 0.25) is 11.9 Å². The average molecular weight is 767 g/mol. The summed E-state index contributed by atoms with van der Waals surface area (Å²) in [4.78, 5) is 33.3. The molecule has 0 amide bonds. The minimum absolute atomic E-state index is 0.112. The molecule has 308 valence electrons. The molecule has 0 atom stereocenters. The molecule has 0 aromatic carbocycles. The summed E-state index contributed by atoms with van der Waals surface area (Å²) in [7, 11) is 0. The summed E-state index contributed by atoms with van der Waals surface area (Å²) in [5.74, 6) is 1.09. The number of rotatable bonds is 22. The van der Waals surface area contributed by atoms with Gasteiger partial charge >= 0.3 is 24.0 Å². The van der Waals surface area contributed by atoms with E-state index in [1.165, 1.54) is 0 Å². The summed E-state index contributed by atoms with van der Waals surface area (Å²) < 4.78 is 23.9. The standard InChI is InChI=1S/C41H70N10O4/c1-13-17-24-54-36-44-32(42-34(46-36)52-22-15-3)50(30-26-38(5,6)48-39(7,8)27-30)20-19-21-51(31-28-40(9,10)49-41(11,12)29-31)33-43-35(53-23-16-4)47-37(45-33)55-25-18-14-2/h15-16,30-31,48-49H,3-4,13-14,17-29H2,1-2,5-12H3. The van der Waals surface area contributed by atoms with Crippen molar-refractivity contribution in [1.29, 1.82) is 0 Å². The van der Waals surface area contributed by atoms with E-state index in [0.29, 0.717) is 38.2 Å². The third kappa shape index (κ3) is 13.7. The first-order valence-corrected chi connectivity index (χ1v) is 20.3. The molecule has 0 unspecified atom stereocenters. The number of nitrogens with one attached hydrogen (secondary N) is 2. The minimum Gasteiger partial charge on any atom is -0.463 e. The third-order valence-electron chi connectivity index (χ3n) is 9.81. The second-order valence-electron chi connectivity index (χ2n) is 17.7. The summed E-state index contributed by atoms with van der Waals surface area (Å²) in [6.07, 6.45) is 11.5. The Kier molecular flexibility index (Phi) is 15.5. The Morgan fingerprint density at radius 2 is 0.873 bits per heavy atom. The Labute approximate surface area is 330 Å². The predicted octanol–water partition coefficient (Wildman–Crippen LogP) is 6.87. The lowest BCUT2D eigenvalue weighted by Crippen LogP contribution is -2.63. The van der Waals surface area contributed by atoms with Gasteiger partial charge in [-0.2, -0.15) is 19.9 Å². The number of hydrogen-bond donors (Lipinski definition) is 2. The Morgan fingerprint density at radius 1 is 0.545 bits per heavy atom. The summed E-state index contributed by atoms with van der Waals surface area (Å²) in [5.41, 5.74) is -0.446. The van der Waals surface area contributed by atoms with Crippen LogP contribution >= 0.6 is 0 Å². The molecule has 2 N–H and O–H groups in total. The smallest absolute Gasteiger partial charge is 0.324 e. The van der Waals surface area contributed by atoms with Gasteiger partial charge in [0.05, 0.1) is 13.2 Å². The molecule has 2 aromatic rings. The van der Waals surface area contributed by atoms with Gasteiger partial charge in [-0.1, -0.05) is 52.0 Å². The maximum atomic E-state index is 6.06. The summed E-state index contributed by atoms with van der Waals surface area (Å²) in [6.45, 7) is 32.9. The van der Waals surface area contributed by atoms with Gasteiger partial charge in [0.1, 0.15) is 13.2 Å². The Hall–Kier alpha value is -3.78. The van der Waals surface area contributed by atoms with Crippen molar-refractivity contribution < 1.29 is 18.9 Å². The van der Waals surface area contributed by atoms with E-state index < -0.39 is 0 Å². The Balaban J connectivity index is 1.75. The van der Waals surface area contributed by atoms with Gasteiger partial charge in [0.25, 0.3) is 0 Å². The Bertz CT molecular complexity index is 1390. The zero-order chi connectivity index (χ0) is 40.3. The number of nitrogens with zero attached hydrogens (tertiary/aromatic N) is 8. The lowest BCUT2D eigenvalue weighted by atomic mass is 9.79. The van der Waals surface area contributed by atoms with Gasteiger partial charge in [-0.05, 0) is 100 Å². The van der Waals surface area contributed by atoms with Crippen molar-refractivity contribution in [3.8, 4) is 24.0 Å². The first kappa shape index (κ1) is 43.9. The molecular formula is C41H70N10O4. The molecule has 14 nitrogen and oxygen atoms in total. The molecule has 0 bridgehead atoms. The van der Waals surface area contributed by atoms with Crippen molar-refractivity contribution in [3.05, 3.63) is 25.3 Å². The predicted molar refractivity (Wildman–Crippen MR) is 220 cm³/mol. The van der Waals surface area contributed by atoms with Crippen molar-refractivity contribution in [2.24, 2.45) is 0 Å². The van der Waals surface area contributed by atoms with Gasteiger partial charge in [-0.3, -0.25) is 0 Å². The van der Waals surface area contributed by atoms with Crippen molar-refractivity contribution in [1.82, 2.24) is 40.5 Å². The highest BCUT2D eigenvalue weighted by Gasteiger charge is 2.43. The van der Waals surface area contributed by atoms with Gasteiger partial charge < -0.3 is 39.4 Å². The fourth-order valence-corrected chi connectivity index (χ4v) is 8.33. The van der Waals surface area contributed by atoms with Crippen molar-refractivity contribution in [2.45, 2.75) is 161 Å². The fourth-order valence-electron chi connectivity index (χ4n) is 8.33. The van der Waals surface area contributed by atoms with Gasteiger partial charge in [0, 0.05) is 47.3 Å². The summed E-state index contributed by atoms with van der Waals surface area (Å²) in [6, 6.07) is 1.24. The zero-order valence-electron chi connectivity index (χ0n) is 35.5. The van der Waals surface area contributed by atoms with Crippen molar-refractivity contribution in [3.63, 3.8) is 0 Å². The zero-order valence-corrected chi connectivity index (χ0v) is 35.5. The summed E-state index contributed by atoms with van der Waals surface area (Å²) in [5, 5.41) is 7.69. The first-order chi connectivity index (χ1) is 26.0. The third-order valence-corrected chi connectivity index (χ3v) is 9.81. The van der Waals surface area contributed by atoms with Gasteiger partial charge in [-0.25, -0.2) is 0 Å². The average Bonchev–Trinajstić information content (AvgIpc) is 3.07. The van der Waals surface area contributed by atoms with E-state index in [2.05, 4.69) is 113 Å². The molecule has 2 aromatic heterocycles. The molecule has 2 fully saturated rings. The number of anilines is 2. The number of unbranched alkanes of at least 4 members (excludes halogenated alkanes) is 2. The minimum atomic E-state index is -0.112. The molecule has 2 aliphatic rings. The van der Waals surface area contributed by atoms with E-state index >= 15 is 0 Å². The molecule has 55 heavy (non-hydrogen) atoms. The van der Waals surface area contributed by atoms with E-state index in [4.69, 9.17) is 38.9 Å². The molecule has 0 radical (unpaired) electrons. The van der Waals surface area contributed by atoms with Crippen LogP contribution in [0.4, 0.5) is 11.9 Å². The quantitative estimate of drug-likeness (QED) is 0.0950. The lowest BCUT2D eigenvalue weighted by molar-refractivity contribution is 0.155. The molecule has 14 heteroatoms. The SMILES string of the molecule is C=CCOc1nc(OCCCC)nc(N(CCCN(c2nc(OCC=C)nc(OCCCC)n2)C2CC(C)(C)NC(C)(C)C2)C2CC(C)(C)NC(C)(C)C2)n1. The van der Waals surface area contributed by atoms with Gasteiger partial charge in [-0.15, -0.1) is 9.97 Å². The summed E-state index contributed by atoms with van der Waals surface area (Å²) >= 11 is 0. The normalized spacial score (nSPS) is 18.9. The molecule has 0 saturated carbocycles. The molecule has 4 rings (SSSR count). The highest BCUT2D eigenvalue weighted by molar-refractivity contribution is 5.38. The first-order valence-electron chi connectivity index (χ1n) is 20.3. The number of piperidine rings is 2. The molecule has 4 heterocycles. The van der Waals surface area contributed by atoms with Crippen LogP contribution in [0.5, 0.6) is 24.0 Å². The highest BCUT2D eigenvalue weighted by atomic mass is 16.5. The van der Waals surface area contributed by atoms with Crippen molar-refractivity contribution >= 4 is 11.9 Å². The number of hydrogen-bond acceptors (Lipinski definition) is 14. The Morgan fingerprint density at radius 3 is 1.18 bits per heavy atom. The van der Waals surface area contributed by atoms with Crippen LogP contribution in [-0.2, 0) is 0 Å².